The molecule has 3 heteroatoms. The molecule has 1 heterocycles. The smallest absolute Gasteiger partial charge is 0.234 e. The minimum absolute atomic E-state index is 0.129. The molecule has 0 bridgehead atoms. The first-order chi connectivity index (χ1) is 7.24. The molecule has 3 nitrogen and oxygen atoms in total. The molecule has 2 rings (SSSR count). The fourth-order valence-electron chi connectivity index (χ4n) is 1.98. The fourth-order valence-corrected chi connectivity index (χ4v) is 1.98. The third-order valence-electron chi connectivity index (χ3n) is 2.56. The molecule has 80 valence electrons. The Balaban J connectivity index is 1.97. The molecule has 0 spiro atoms. The van der Waals surface area contributed by atoms with E-state index in [2.05, 4.69) is 22.3 Å². The van der Waals surface area contributed by atoms with Crippen molar-refractivity contribution < 1.29 is 4.79 Å². The summed E-state index contributed by atoms with van der Waals surface area (Å²) in [5, 5.41) is 2.91. The second-order valence-electron chi connectivity index (χ2n) is 4.12. The third-order valence-corrected chi connectivity index (χ3v) is 2.56. The van der Waals surface area contributed by atoms with Gasteiger partial charge in [-0.05, 0) is 12.5 Å². The highest BCUT2D eigenvalue weighted by Crippen LogP contribution is 2.07. The van der Waals surface area contributed by atoms with Crippen molar-refractivity contribution in [2.75, 3.05) is 13.1 Å². The molecule has 1 amide bonds. The Kier molecular flexibility index (Phi) is 3.02. The molecule has 1 aromatic rings. The molecule has 1 aliphatic rings. The van der Waals surface area contributed by atoms with Crippen LogP contribution in [0.25, 0.3) is 0 Å². The standard InChI is InChI=1S/C12H16N2O/c1-10-7-14(9-12(15)13-10)8-11-5-3-2-4-6-11/h2-6,10H,7-9H2,1H3,(H,13,15)/t10-/m1/s1. The topological polar surface area (TPSA) is 32.3 Å². The molecular formula is C12H16N2O. The Hall–Kier alpha value is -1.35. The van der Waals surface area contributed by atoms with Crippen molar-refractivity contribution in [2.24, 2.45) is 0 Å². The number of nitrogens with zero attached hydrogens (tertiary/aromatic N) is 1. The van der Waals surface area contributed by atoms with Gasteiger partial charge in [0.2, 0.25) is 5.91 Å². The number of hydrogen-bond acceptors (Lipinski definition) is 2. The van der Waals surface area contributed by atoms with E-state index in [1.165, 1.54) is 5.56 Å². The Morgan fingerprint density at radius 3 is 2.80 bits per heavy atom. The molecule has 1 aliphatic heterocycles. The van der Waals surface area contributed by atoms with Gasteiger partial charge in [-0.25, -0.2) is 0 Å². The van der Waals surface area contributed by atoms with Crippen molar-refractivity contribution in [3.8, 4) is 0 Å². The molecule has 1 saturated heterocycles. The van der Waals surface area contributed by atoms with E-state index >= 15 is 0 Å². The number of amides is 1. The third kappa shape index (κ3) is 2.80. The summed E-state index contributed by atoms with van der Waals surface area (Å²) < 4.78 is 0. The molecule has 1 fully saturated rings. The van der Waals surface area contributed by atoms with E-state index < -0.39 is 0 Å². The van der Waals surface area contributed by atoms with Crippen LogP contribution in [0.5, 0.6) is 0 Å². The average molecular weight is 204 g/mol. The molecule has 0 aromatic heterocycles. The minimum atomic E-state index is 0.129. The lowest BCUT2D eigenvalue weighted by molar-refractivity contribution is -0.125. The summed E-state index contributed by atoms with van der Waals surface area (Å²) in [6, 6.07) is 10.5. The second kappa shape index (κ2) is 4.45. The zero-order chi connectivity index (χ0) is 10.7. The van der Waals surface area contributed by atoms with Crippen LogP contribution in [-0.4, -0.2) is 29.9 Å². The first kappa shape index (κ1) is 10.2. The Labute approximate surface area is 90.1 Å². The lowest BCUT2D eigenvalue weighted by Gasteiger charge is -2.31. The first-order valence-electron chi connectivity index (χ1n) is 5.29. The van der Waals surface area contributed by atoms with Gasteiger partial charge in [-0.3, -0.25) is 9.69 Å². The van der Waals surface area contributed by atoms with Crippen LogP contribution in [0.3, 0.4) is 0 Å². The van der Waals surface area contributed by atoms with E-state index in [-0.39, 0.29) is 11.9 Å². The number of rotatable bonds is 2. The van der Waals surface area contributed by atoms with Gasteiger partial charge in [-0.2, -0.15) is 0 Å². The van der Waals surface area contributed by atoms with E-state index in [1.54, 1.807) is 0 Å². The van der Waals surface area contributed by atoms with Crippen LogP contribution in [0.1, 0.15) is 12.5 Å². The highest BCUT2D eigenvalue weighted by Gasteiger charge is 2.20. The van der Waals surface area contributed by atoms with E-state index in [4.69, 9.17) is 0 Å². The van der Waals surface area contributed by atoms with Gasteiger partial charge in [0.25, 0.3) is 0 Å². The highest BCUT2D eigenvalue weighted by molar-refractivity contribution is 5.79. The van der Waals surface area contributed by atoms with Gasteiger partial charge in [0.15, 0.2) is 0 Å². The highest BCUT2D eigenvalue weighted by atomic mass is 16.2. The average Bonchev–Trinajstić information content (AvgIpc) is 2.17. The van der Waals surface area contributed by atoms with Gasteiger partial charge in [-0.15, -0.1) is 0 Å². The van der Waals surface area contributed by atoms with Crippen LogP contribution >= 0.6 is 0 Å². The normalized spacial score (nSPS) is 22.5. The van der Waals surface area contributed by atoms with Crippen LogP contribution in [0.4, 0.5) is 0 Å². The predicted octanol–water partition coefficient (Wildman–Crippen LogP) is 1.01. The maximum absolute atomic E-state index is 11.3. The minimum Gasteiger partial charge on any atom is -0.351 e. The molecule has 1 aromatic carbocycles. The molecule has 1 atom stereocenters. The fraction of sp³-hybridized carbons (Fsp3) is 0.417. The van der Waals surface area contributed by atoms with Crippen LogP contribution in [0, 0.1) is 0 Å². The van der Waals surface area contributed by atoms with Crippen LogP contribution in [0.2, 0.25) is 0 Å². The van der Waals surface area contributed by atoms with E-state index in [0.29, 0.717) is 6.54 Å². The number of piperazine rings is 1. The van der Waals surface area contributed by atoms with Gasteiger partial charge in [0.05, 0.1) is 6.54 Å². The van der Waals surface area contributed by atoms with Gasteiger partial charge in [0, 0.05) is 19.1 Å². The summed E-state index contributed by atoms with van der Waals surface area (Å²) in [5.74, 6) is 0.129. The van der Waals surface area contributed by atoms with Crippen molar-refractivity contribution in [1.29, 1.82) is 0 Å². The zero-order valence-corrected chi connectivity index (χ0v) is 8.94. The monoisotopic (exact) mass is 204 g/mol. The SMILES string of the molecule is C[C@@H]1CN(Cc2ccccc2)CC(=O)N1. The number of nitrogens with one attached hydrogen (secondary N) is 1. The summed E-state index contributed by atoms with van der Waals surface area (Å²) in [7, 11) is 0. The number of hydrogen-bond donors (Lipinski definition) is 1. The predicted molar refractivity (Wildman–Crippen MR) is 59.3 cm³/mol. The molecule has 0 radical (unpaired) electrons. The van der Waals surface area contributed by atoms with Crippen LogP contribution < -0.4 is 5.32 Å². The second-order valence-corrected chi connectivity index (χ2v) is 4.12. The lowest BCUT2D eigenvalue weighted by Crippen LogP contribution is -2.52. The van der Waals surface area contributed by atoms with Crippen molar-refractivity contribution in [2.45, 2.75) is 19.5 Å². The summed E-state index contributed by atoms with van der Waals surface area (Å²) in [6.07, 6.45) is 0. The molecule has 1 N–H and O–H groups in total. The summed E-state index contributed by atoms with van der Waals surface area (Å²) in [4.78, 5) is 13.5. The quantitative estimate of drug-likeness (QED) is 0.779. The lowest BCUT2D eigenvalue weighted by atomic mass is 10.1. The number of carbonyl (C=O) groups excluding carboxylic acids is 1. The van der Waals surface area contributed by atoms with E-state index in [9.17, 15) is 4.79 Å². The van der Waals surface area contributed by atoms with Crippen molar-refractivity contribution in [3.63, 3.8) is 0 Å². The van der Waals surface area contributed by atoms with Crippen LogP contribution in [0.15, 0.2) is 30.3 Å². The molecule has 15 heavy (non-hydrogen) atoms. The Bertz CT molecular complexity index is 337. The van der Waals surface area contributed by atoms with Gasteiger partial charge < -0.3 is 5.32 Å². The number of carbonyl (C=O) groups is 1. The van der Waals surface area contributed by atoms with Gasteiger partial charge >= 0.3 is 0 Å². The zero-order valence-electron chi connectivity index (χ0n) is 8.94. The molecule has 0 saturated carbocycles. The van der Waals surface area contributed by atoms with Crippen LogP contribution in [-0.2, 0) is 11.3 Å². The first-order valence-corrected chi connectivity index (χ1v) is 5.29. The van der Waals surface area contributed by atoms with E-state index in [0.717, 1.165) is 13.1 Å². The van der Waals surface area contributed by atoms with Gasteiger partial charge in [-0.1, -0.05) is 30.3 Å². The van der Waals surface area contributed by atoms with Crippen molar-refractivity contribution in [3.05, 3.63) is 35.9 Å². The molecular weight excluding hydrogens is 188 g/mol. The maximum atomic E-state index is 11.3. The van der Waals surface area contributed by atoms with Gasteiger partial charge in [0.1, 0.15) is 0 Å². The van der Waals surface area contributed by atoms with Crippen molar-refractivity contribution >= 4 is 5.91 Å². The Morgan fingerprint density at radius 1 is 1.40 bits per heavy atom. The molecule has 0 unspecified atom stereocenters. The summed E-state index contributed by atoms with van der Waals surface area (Å²) in [5.41, 5.74) is 1.26. The van der Waals surface area contributed by atoms with E-state index in [1.807, 2.05) is 25.1 Å². The summed E-state index contributed by atoms with van der Waals surface area (Å²) >= 11 is 0. The number of benzene rings is 1. The van der Waals surface area contributed by atoms with Crippen molar-refractivity contribution in [1.82, 2.24) is 10.2 Å². The molecule has 0 aliphatic carbocycles. The largest absolute Gasteiger partial charge is 0.351 e. The Morgan fingerprint density at radius 2 is 2.13 bits per heavy atom. The maximum Gasteiger partial charge on any atom is 0.234 e. The summed E-state index contributed by atoms with van der Waals surface area (Å²) in [6.45, 7) is 4.34.